The fraction of sp³-hybridized carbons (Fsp3) is 0.667. The third kappa shape index (κ3) is 3.20. The Labute approximate surface area is 135 Å². The van der Waals surface area contributed by atoms with Crippen LogP contribution in [0.25, 0.3) is 0 Å². The molecule has 1 aliphatic heterocycles. The van der Waals surface area contributed by atoms with Crippen molar-refractivity contribution >= 4 is 11.8 Å². The van der Waals surface area contributed by atoms with Gasteiger partial charge in [0.25, 0.3) is 0 Å². The van der Waals surface area contributed by atoms with Crippen LogP contribution in [0.1, 0.15) is 36.6 Å². The summed E-state index contributed by atoms with van der Waals surface area (Å²) in [6.45, 7) is 7.17. The van der Waals surface area contributed by atoms with Gasteiger partial charge in [0.15, 0.2) is 0 Å². The van der Waals surface area contributed by atoms with Gasteiger partial charge in [-0.25, -0.2) is 0 Å². The van der Waals surface area contributed by atoms with Crippen molar-refractivity contribution in [2.45, 2.75) is 39.4 Å². The van der Waals surface area contributed by atoms with Crippen LogP contribution in [0.5, 0.6) is 0 Å². The quantitative estimate of drug-likeness (QED) is 0.843. The Hall–Kier alpha value is -1.34. The maximum absolute atomic E-state index is 4.41. The van der Waals surface area contributed by atoms with E-state index >= 15 is 0 Å². The van der Waals surface area contributed by atoms with E-state index in [9.17, 15) is 0 Å². The minimum atomic E-state index is 0.416. The van der Waals surface area contributed by atoms with Crippen LogP contribution in [0.15, 0.2) is 12.4 Å². The maximum Gasteiger partial charge on any atom is 0.147 e. The summed E-state index contributed by atoms with van der Waals surface area (Å²) >= 11 is 2.02. The van der Waals surface area contributed by atoms with Crippen molar-refractivity contribution in [2.24, 2.45) is 7.05 Å². The Balaban J connectivity index is 1.80. The molecule has 1 fully saturated rings. The molecule has 0 N–H and O–H groups in total. The van der Waals surface area contributed by atoms with Crippen LogP contribution in [0.2, 0.25) is 0 Å². The molecule has 3 rings (SSSR count). The topological polar surface area (TPSA) is 51.8 Å². The highest BCUT2D eigenvalue weighted by atomic mass is 32.2. The molecular weight excluding hydrogens is 296 g/mol. The molecule has 0 radical (unpaired) electrons. The SMILES string of the molecule is CCCn1c(C)nnc1CN1CCSC[C@@H]1c1cnn(C)c1. The van der Waals surface area contributed by atoms with Crippen molar-refractivity contribution in [1.82, 2.24) is 29.4 Å². The first kappa shape index (κ1) is 15.6. The summed E-state index contributed by atoms with van der Waals surface area (Å²) in [6.07, 6.45) is 5.23. The minimum absolute atomic E-state index is 0.416. The minimum Gasteiger partial charge on any atom is -0.314 e. The van der Waals surface area contributed by atoms with Crippen LogP contribution in [-0.4, -0.2) is 47.5 Å². The standard InChI is InChI=1S/C15H24N6S/c1-4-5-21-12(2)17-18-15(21)10-20-6-7-22-11-14(20)13-8-16-19(3)9-13/h8-9,14H,4-7,10-11H2,1-3H3/t14-/m1/s1. The molecule has 0 saturated carbocycles. The van der Waals surface area contributed by atoms with Gasteiger partial charge in [-0.1, -0.05) is 6.92 Å². The Morgan fingerprint density at radius 2 is 2.23 bits per heavy atom. The van der Waals surface area contributed by atoms with Crippen LogP contribution in [0, 0.1) is 6.92 Å². The van der Waals surface area contributed by atoms with E-state index in [-0.39, 0.29) is 0 Å². The van der Waals surface area contributed by atoms with Crippen LogP contribution >= 0.6 is 11.8 Å². The number of aromatic nitrogens is 5. The molecule has 22 heavy (non-hydrogen) atoms. The molecule has 1 saturated heterocycles. The zero-order chi connectivity index (χ0) is 15.5. The first-order chi connectivity index (χ1) is 10.7. The number of rotatable bonds is 5. The fourth-order valence-corrected chi connectivity index (χ4v) is 4.14. The molecule has 7 heteroatoms. The highest BCUT2D eigenvalue weighted by molar-refractivity contribution is 7.99. The maximum atomic E-state index is 4.41. The summed E-state index contributed by atoms with van der Waals surface area (Å²) in [7, 11) is 1.98. The molecule has 0 spiro atoms. The third-order valence-corrected chi connectivity index (χ3v) is 5.18. The van der Waals surface area contributed by atoms with Gasteiger partial charge >= 0.3 is 0 Å². The molecule has 0 aliphatic carbocycles. The third-order valence-electron chi connectivity index (χ3n) is 4.15. The van der Waals surface area contributed by atoms with Gasteiger partial charge in [-0.05, 0) is 13.3 Å². The first-order valence-electron chi connectivity index (χ1n) is 7.88. The highest BCUT2D eigenvalue weighted by Gasteiger charge is 2.27. The van der Waals surface area contributed by atoms with E-state index in [4.69, 9.17) is 0 Å². The van der Waals surface area contributed by atoms with Gasteiger partial charge in [0.2, 0.25) is 0 Å². The first-order valence-corrected chi connectivity index (χ1v) is 9.03. The summed E-state index contributed by atoms with van der Waals surface area (Å²) in [5.74, 6) is 4.39. The van der Waals surface area contributed by atoms with E-state index in [1.54, 1.807) is 0 Å². The number of hydrogen-bond donors (Lipinski definition) is 0. The molecule has 0 bridgehead atoms. The Kier molecular flexibility index (Phi) is 4.83. The van der Waals surface area contributed by atoms with Gasteiger partial charge in [-0.2, -0.15) is 16.9 Å². The van der Waals surface area contributed by atoms with Gasteiger partial charge < -0.3 is 4.57 Å². The van der Waals surface area contributed by atoms with Crippen molar-refractivity contribution in [3.63, 3.8) is 0 Å². The zero-order valence-electron chi connectivity index (χ0n) is 13.6. The zero-order valence-corrected chi connectivity index (χ0v) is 14.4. The molecule has 2 aromatic heterocycles. The fourth-order valence-electron chi connectivity index (χ4n) is 2.98. The second-order valence-electron chi connectivity index (χ2n) is 5.82. The van der Waals surface area contributed by atoms with Gasteiger partial charge in [0.1, 0.15) is 11.6 Å². The molecule has 120 valence electrons. The largest absolute Gasteiger partial charge is 0.314 e. The molecule has 6 nitrogen and oxygen atoms in total. The van der Waals surface area contributed by atoms with Crippen molar-refractivity contribution in [1.29, 1.82) is 0 Å². The second-order valence-corrected chi connectivity index (χ2v) is 6.97. The van der Waals surface area contributed by atoms with Gasteiger partial charge in [-0.15, -0.1) is 10.2 Å². The number of thioether (sulfide) groups is 1. The van der Waals surface area contributed by atoms with Gasteiger partial charge in [0.05, 0.1) is 12.7 Å². The Bertz CT molecular complexity index is 619. The smallest absolute Gasteiger partial charge is 0.147 e. The summed E-state index contributed by atoms with van der Waals surface area (Å²) in [6, 6.07) is 0.416. The molecule has 1 aliphatic rings. The Morgan fingerprint density at radius 3 is 2.95 bits per heavy atom. The van der Waals surface area contributed by atoms with Crippen molar-refractivity contribution in [2.75, 3.05) is 18.1 Å². The van der Waals surface area contributed by atoms with E-state index in [0.717, 1.165) is 43.5 Å². The summed E-state index contributed by atoms with van der Waals surface area (Å²) in [5.41, 5.74) is 1.30. The van der Waals surface area contributed by atoms with Crippen LogP contribution in [0.4, 0.5) is 0 Å². The molecule has 0 amide bonds. The molecule has 0 unspecified atom stereocenters. The summed E-state index contributed by atoms with van der Waals surface area (Å²) in [5, 5.41) is 13.0. The predicted octanol–water partition coefficient (Wildman–Crippen LogP) is 2.02. The van der Waals surface area contributed by atoms with Crippen LogP contribution in [0.3, 0.4) is 0 Å². The monoisotopic (exact) mass is 320 g/mol. The lowest BCUT2D eigenvalue weighted by Gasteiger charge is -2.34. The molecule has 1 atom stereocenters. The normalized spacial score (nSPS) is 19.7. The van der Waals surface area contributed by atoms with Gasteiger partial charge in [-0.3, -0.25) is 9.58 Å². The summed E-state index contributed by atoms with van der Waals surface area (Å²) < 4.78 is 4.14. The van der Waals surface area contributed by atoms with Crippen molar-refractivity contribution in [3.8, 4) is 0 Å². The van der Waals surface area contributed by atoms with Crippen molar-refractivity contribution in [3.05, 3.63) is 29.6 Å². The average molecular weight is 320 g/mol. The molecule has 0 aromatic carbocycles. The highest BCUT2D eigenvalue weighted by Crippen LogP contribution is 2.30. The van der Waals surface area contributed by atoms with E-state index < -0.39 is 0 Å². The lowest BCUT2D eigenvalue weighted by Crippen LogP contribution is -2.36. The van der Waals surface area contributed by atoms with Crippen molar-refractivity contribution < 1.29 is 0 Å². The number of aryl methyl sites for hydroxylation is 2. The molecule has 2 aromatic rings. The lowest BCUT2D eigenvalue weighted by atomic mass is 10.1. The number of hydrogen-bond acceptors (Lipinski definition) is 5. The second kappa shape index (κ2) is 6.83. The number of nitrogens with zero attached hydrogens (tertiary/aromatic N) is 6. The van der Waals surface area contributed by atoms with E-state index in [2.05, 4.69) is 37.9 Å². The average Bonchev–Trinajstić information content (AvgIpc) is 3.09. The Morgan fingerprint density at radius 1 is 1.36 bits per heavy atom. The lowest BCUT2D eigenvalue weighted by molar-refractivity contribution is 0.203. The van der Waals surface area contributed by atoms with Crippen LogP contribution < -0.4 is 0 Å². The molecule has 3 heterocycles. The van der Waals surface area contributed by atoms with E-state index in [1.807, 2.05) is 36.6 Å². The predicted molar refractivity (Wildman–Crippen MR) is 88.7 cm³/mol. The van der Waals surface area contributed by atoms with Gasteiger partial charge in [0, 0.05) is 49.4 Å². The van der Waals surface area contributed by atoms with E-state index in [1.165, 1.54) is 11.3 Å². The van der Waals surface area contributed by atoms with Crippen LogP contribution in [-0.2, 0) is 20.1 Å². The molecular formula is C15H24N6S. The van der Waals surface area contributed by atoms with E-state index in [0.29, 0.717) is 6.04 Å². The summed E-state index contributed by atoms with van der Waals surface area (Å²) in [4.78, 5) is 2.52.